The van der Waals surface area contributed by atoms with Gasteiger partial charge in [-0.3, -0.25) is 12.5 Å². The van der Waals surface area contributed by atoms with Gasteiger partial charge in [-0.05, 0) is 36.5 Å². The highest BCUT2D eigenvalue weighted by Crippen LogP contribution is 2.15. The second-order valence-corrected chi connectivity index (χ2v) is 13.3. The molecule has 0 radical (unpaired) electrons. The summed E-state index contributed by atoms with van der Waals surface area (Å²) in [6, 6.07) is 0. The first-order chi connectivity index (χ1) is 15.6. The summed E-state index contributed by atoms with van der Waals surface area (Å²) >= 11 is 0. The van der Waals surface area contributed by atoms with Crippen LogP contribution in [0, 0.1) is 17.3 Å². The number of hydrogen-bond acceptors (Lipinski definition) is 9. The maximum Gasteiger partial charge on any atom is 0.333 e. The molecule has 1 atom stereocenters. The standard InChI is InChI=1S/C10H23NO3S.C5H13NO3S.C5H11NO3S/c1-9(2)5-4-6-10(3)7-8-14-15(11,12)13;1-5(2,3)4-9-10(6,7)8;1-2-3-4-5-9-10(6,7)8/h9-10H,4-8H2,1-3H3,(H2,11,12,13);4H2,1-3H3,(H2,6,7,8);2H,1,3-5H2,(H2,6,7,8). The van der Waals surface area contributed by atoms with Crippen LogP contribution in [-0.2, 0) is 43.5 Å². The van der Waals surface area contributed by atoms with Crippen molar-refractivity contribution >= 4 is 30.9 Å². The second-order valence-electron chi connectivity index (χ2n) is 9.59. The summed E-state index contributed by atoms with van der Waals surface area (Å²) < 4.78 is 74.7. The first-order valence-corrected chi connectivity index (χ1v) is 15.6. The van der Waals surface area contributed by atoms with E-state index in [9.17, 15) is 25.3 Å². The number of unbranched alkanes of at least 4 members (excludes halogenated alkanes) is 1. The lowest BCUT2D eigenvalue weighted by atomic mass is 9.98. The smallest absolute Gasteiger partial charge is 0.258 e. The lowest BCUT2D eigenvalue weighted by Gasteiger charge is -2.15. The fourth-order valence-corrected chi connectivity index (χ4v) is 3.24. The van der Waals surface area contributed by atoms with Crippen LogP contribution in [0.4, 0.5) is 0 Å². The predicted octanol–water partition coefficient (Wildman–Crippen LogP) is 2.48. The molecule has 0 aliphatic rings. The third-order valence-corrected chi connectivity index (χ3v) is 5.23. The highest BCUT2D eigenvalue weighted by Gasteiger charge is 2.14. The minimum absolute atomic E-state index is 0.117. The zero-order chi connectivity index (χ0) is 28.3. The maximum atomic E-state index is 10.5. The van der Waals surface area contributed by atoms with Crippen LogP contribution < -0.4 is 15.4 Å². The molecule has 12 nitrogen and oxygen atoms in total. The molecule has 0 saturated carbocycles. The first kappa shape index (κ1) is 38.9. The molecule has 0 aromatic heterocycles. The van der Waals surface area contributed by atoms with Crippen LogP contribution >= 0.6 is 0 Å². The summed E-state index contributed by atoms with van der Waals surface area (Å²) in [5, 5.41) is 13.8. The molecule has 1 unspecified atom stereocenters. The van der Waals surface area contributed by atoms with E-state index in [1.165, 1.54) is 12.8 Å². The molecule has 0 aromatic carbocycles. The Kier molecular flexibility index (Phi) is 21.6. The molecule has 0 saturated heterocycles. The molecule has 0 amide bonds. The van der Waals surface area contributed by atoms with Crippen LogP contribution in [0.1, 0.15) is 80.1 Å². The predicted molar refractivity (Wildman–Crippen MR) is 139 cm³/mol. The van der Waals surface area contributed by atoms with Crippen molar-refractivity contribution in [1.82, 2.24) is 0 Å². The Morgan fingerprint density at radius 3 is 1.54 bits per heavy atom. The molecule has 0 rings (SSSR count). The molecule has 35 heavy (non-hydrogen) atoms. The van der Waals surface area contributed by atoms with Crippen LogP contribution in [0.3, 0.4) is 0 Å². The zero-order valence-corrected chi connectivity index (χ0v) is 24.4. The fourth-order valence-electron chi connectivity index (χ4n) is 2.05. The van der Waals surface area contributed by atoms with Gasteiger partial charge < -0.3 is 0 Å². The van der Waals surface area contributed by atoms with Crippen molar-refractivity contribution in [3.63, 3.8) is 0 Å². The van der Waals surface area contributed by atoms with E-state index in [1.807, 2.05) is 20.8 Å². The topological polar surface area (TPSA) is 208 Å². The van der Waals surface area contributed by atoms with Gasteiger partial charge in [-0.1, -0.05) is 66.9 Å². The van der Waals surface area contributed by atoms with Crippen LogP contribution in [-0.4, -0.2) is 45.1 Å². The summed E-state index contributed by atoms with van der Waals surface area (Å²) in [4.78, 5) is 0. The number of hydrogen-bond donors (Lipinski definition) is 3. The molecule has 0 aliphatic carbocycles. The Balaban J connectivity index is -0.000000454. The number of allylic oxidation sites excluding steroid dienone is 1. The van der Waals surface area contributed by atoms with E-state index in [2.05, 4.69) is 50.2 Å². The minimum Gasteiger partial charge on any atom is -0.258 e. The highest BCUT2D eigenvalue weighted by atomic mass is 32.2. The van der Waals surface area contributed by atoms with Gasteiger partial charge >= 0.3 is 30.9 Å². The van der Waals surface area contributed by atoms with Crippen molar-refractivity contribution in [2.75, 3.05) is 19.8 Å². The Hall–Kier alpha value is -0.650. The van der Waals surface area contributed by atoms with Gasteiger partial charge in [-0.2, -0.15) is 25.3 Å². The van der Waals surface area contributed by atoms with Crippen molar-refractivity contribution < 1.29 is 37.8 Å². The first-order valence-electron chi connectivity index (χ1n) is 11.2. The molecule has 15 heteroatoms. The van der Waals surface area contributed by atoms with Gasteiger partial charge in [0.1, 0.15) is 0 Å². The van der Waals surface area contributed by atoms with Gasteiger partial charge in [0.05, 0.1) is 19.8 Å². The van der Waals surface area contributed by atoms with E-state index in [0.29, 0.717) is 12.3 Å². The summed E-state index contributed by atoms with van der Waals surface area (Å²) in [7, 11) is -11.2. The van der Waals surface area contributed by atoms with Crippen LogP contribution in [0.25, 0.3) is 0 Å². The molecule has 0 bridgehead atoms. The normalized spacial score (nSPS) is 13.3. The van der Waals surface area contributed by atoms with Gasteiger partial charge in [-0.15, -0.1) is 6.58 Å². The zero-order valence-electron chi connectivity index (χ0n) is 21.9. The lowest BCUT2D eigenvalue weighted by molar-refractivity contribution is 0.203. The van der Waals surface area contributed by atoms with Crippen molar-refractivity contribution in [3.8, 4) is 0 Å². The molecular formula is C20H47N3O9S3. The van der Waals surface area contributed by atoms with Crippen LogP contribution in [0.2, 0.25) is 0 Å². The fraction of sp³-hybridized carbons (Fsp3) is 0.900. The minimum atomic E-state index is -3.76. The molecule has 6 N–H and O–H groups in total. The monoisotopic (exact) mass is 569 g/mol. The quantitative estimate of drug-likeness (QED) is 0.195. The van der Waals surface area contributed by atoms with Gasteiger partial charge in [0.2, 0.25) is 0 Å². The summed E-state index contributed by atoms with van der Waals surface area (Å²) in [5.74, 6) is 1.23. The van der Waals surface area contributed by atoms with Gasteiger partial charge in [0.15, 0.2) is 0 Å². The lowest BCUT2D eigenvalue weighted by Crippen LogP contribution is -2.23. The Labute approximate surface area is 213 Å². The summed E-state index contributed by atoms with van der Waals surface area (Å²) in [5.41, 5.74) is -0.174. The SMILES string of the molecule is C=CCCCOS(N)(=O)=O.CC(C)(C)COS(N)(=O)=O.CC(C)CCCC(C)CCOS(N)(=O)=O. The van der Waals surface area contributed by atoms with Gasteiger partial charge in [0.25, 0.3) is 0 Å². The van der Waals surface area contributed by atoms with Crippen LogP contribution in [0.5, 0.6) is 0 Å². The Bertz CT molecular complexity index is 852. The van der Waals surface area contributed by atoms with E-state index < -0.39 is 30.9 Å². The molecule has 0 aliphatic heterocycles. The molecular weight excluding hydrogens is 522 g/mol. The molecule has 0 fully saturated rings. The Morgan fingerprint density at radius 1 is 0.743 bits per heavy atom. The molecule has 0 spiro atoms. The van der Waals surface area contributed by atoms with Gasteiger partial charge in [-0.25, -0.2) is 15.4 Å². The summed E-state index contributed by atoms with van der Waals surface area (Å²) in [6.45, 7) is 16.0. The van der Waals surface area contributed by atoms with Crippen molar-refractivity contribution in [2.45, 2.75) is 80.1 Å². The van der Waals surface area contributed by atoms with Crippen molar-refractivity contribution in [2.24, 2.45) is 32.7 Å². The average Bonchev–Trinajstić information content (AvgIpc) is 2.62. The Morgan fingerprint density at radius 2 is 1.20 bits per heavy atom. The van der Waals surface area contributed by atoms with Crippen LogP contribution in [0.15, 0.2) is 12.7 Å². The van der Waals surface area contributed by atoms with Gasteiger partial charge in [0, 0.05) is 0 Å². The van der Waals surface area contributed by atoms with E-state index in [0.717, 1.165) is 25.2 Å². The highest BCUT2D eigenvalue weighted by molar-refractivity contribution is 7.84. The third-order valence-electron chi connectivity index (χ3n) is 3.79. The van der Waals surface area contributed by atoms with E-state index in [-0.39, 0.29) is 25.2 Å². The molecule has 214 valence electrons. The number of nitrogens with two attached hydrogens (primary N) is 3. The third kappa shape index (κ3) is 47.2. The molecule has 0 aromatic rings. The second kappa shape index (κ2) is 19.5. The average molecular weight is 570 g/mol. The largest absolute Gasteiger partial charge is 0.333 e. The van der Waals surface area contributed by atoms with E-state index in [1.54, 1.807) is 6.08 Å². The molecule has 0 heterocycles. The van der Waals surface area contributed by atoms with Crippen molar-refractivity contribution in [3.05, 3.63) is 12.7 Å². The maximum absolute atomic E-state index is 10.5. The number of rotatable bonds is 15. The van der Waals surface area contributed by atoms with E-state index in [4.69, 9.17) is 5.14 Å². The summed E-state index contributed by atoms with van der Waals surface area (Å²) in [6.07, 6.45) is 7.32. The van der Waals surface area contributed by atoms with E-state index >= 15 is 0 Å². The van der Waals surface area contributed by atoms with Crippen molar-refractivity contribution in [1.29, 1.82) is 0 Å².